The van der Waals surface area contributed by atoms with Gasteiger partial charge >= 0.3 is 0 Å². The van der Waals surface area contributed by atoms with Crippen molar-refractivity contribution >= 4 is 5.91 Å². The van der Waals surface area contributed by atoms with E-state index >= 15 is 0 Å². The predicted octanol–water partition coefficient (Wildman–Crippen LogP) is 16.1. The van der Waals surface area contributed by atoms with E-state index in [-0.39, 0.29) is 12.5 Å². The Morgan fingerprint density at radius 2 is 0.792 bits per heavy atom. The smallest absolute Gasteiger partial charge is 0.220 e. The minimum absolute atomic E-state index is 0.182. The highest BCUT2D eigenvalue weighted by Gasteiger charge is 2.44. The van der Waals surface area contributed by atoms with Crippen LogP contribution in [-0.4, -0.2) is 87.5 Å². The van der Waals surface area contributed by atoms with E-state index in [0.29, 0.717) is 6.42 Å². The van der Waals surface area contributed by atoms with Gasteiger partial charge in [-0.2, -0.15) is 0 Å². The topological polar surface area (TPSA) is 149 Å². The van der Waals surface area contributed by atoms with Gasteiger partial charge < -0.3 is 40.3 Å². The second-order valence-electron chi connectivity index (χ2n) is 22.2. The molecule has 0 aliphatic carbocycles. The molecule has 6 N–H and O–H groups in total. The molecule has 0 aromatic rings. The second kappa shape index (κ2) is 53.1. The lowest BCUT2D eigenvalue weighted by Crippen LogP contribution is -2.60. The molecule has 1 fully saturated rings. The fourth-order valence-electron chi connectivity index (χ4n) is 10.3. The summed E-state index contributed by atoms with van der Waals surface area (Å²) < 4.78 is 11.2. The molecule has 7 unspecified atom stereocenters. The number of amides is 1. The average molecular weight is 1020 g/mol. The number of hydrogen-bond donors (Lipinski definition) is 6. The van der Waals surface area contributed by atoms with Crippen LogP contribution < -0.4 is 5.32 Å². The maximum atomic E-state index is 13.0. The van der Waals surface area contributed by atoms with E-state index in [9.17, 15) is 30.3 Å². The van der Waals surface area contributed by atoms with Crippen molar-refractivity contribution in [2.45, 2.75) is 358 Å². The molecule has 0 spiro atoms. The van der Waals surface area contributed by atoms with Crippen LogP contribution in [0.15, 0.2) is 24.3 Å². The molecule has 0 aromatic heterocycles. The number of aliphatic hydroxyl groups excluding tert-OH is 5. The second-order valence-corrected chi connectivity index (χ2v) is 22.2. The molecule has 0 bridgehead atoms. The third kappa shape index (κ3) is 41.9. The van der Waals surface area contributed by atoms with Gasteiger partial charge in [-0.3, -0.25) is 4.79 Å². The van der Waals surface area contributed by atoms with Gasteiger partial charge in [0, 0.05) is 6.42 Å². The molecule has 1 aliphatic rings. The zero-order chi connectivity index (χ0) is 52.2. The first kappa shape index (κ1) is 68.7. The summed E-state index contributed by atoms with van der Waals surface area (Å²) in [6.45, 7) is 3.76. The number of hydrogen-bond acceptors (Lipinski definition) is 8. The van der Waals surface area contributed by atoms with Crippen LogP contribution in [0.1, 0.15) is 316 Å². The summed E-state index contributed by atoms with van der Waals surface area (Å²) in [6.07, 6.45) is 61.7. The lowest BCUT2D eigenvalue weighted by Gasteiger charge is -2.40. The van der Waals surface area contributed by atoms with Gasteiger partial charge in [-0.15, -0.1) is 0 Å². The van der Waals surface area contributed by atoms with Crippen LogP contribution in [0.4, 0.5) is 0 Å². The van der Waals surface area contributed by atoms with Crippen molar-refractivity contribution < 1.29 is 39.8 Å². The van der Waals surface area contributed by atoms with Gasteiger partial charge in [-0.05, 0) is 32.1 Å². The van der Waals surface area contributed by atoms with Gasteiger partial charge in [0.15, 0.2) is 6.29 Å². The maximum Gasteiger partial charge on any atom is 0.220 e. The molecule has 72 heavy (non-hydrogen) atoms. The summed E-state index contributed by atoms with van der Waals surface area (Å²) in [5.74, 6) is -0.182. The van der Waals surface area contributed by atoms with Gasteiger partial charge in [0.1, 0.15) is 24.4 Å². The number of ether oxygens (including phenoxy) is 2. The van der Waals surface area contributed by atoms with E-state index in [4.69, 9.17) is 9.47 Å². The minimum atomic E-state index is -1.57. The highest BCUT2D eigenvalue weighted by atomic mass is 16.7. The highest BCUT2D eigenvalue weighted by molar-refractivity contribution is 5.76. The SMILES string of the molecule is CCCCCCC/C=C/CC/C=C/C(O)C(COC1OC(CO)C(O)C(O)C1O)NC(=O)CCCCCCCCCCCCCCCCCCCCCCCCCCCCCCCCCCCCCCCC. The molecule has 7 atom stereocenters. The Bertz CT molecular complexity index is 1180. The monoisotopic (exact) mass is 1020 g/mol. The van der Waals surface area contributed by atoms with Crippen molar-refractivity contribution in [2.24, 2.45) is 0 Å². The number of nitrogens with one attached hydrogen (secondary N) is 1. The molecule has 0 saturated carbocycles. The predicted molar refractivity (Wildman–Crippen MR) is 304 cm³/mol. The normalized spacial score (nSPS) is 19.2. The zero-order valence-electron chi connectivity index (χ0n) is 47.5. The van der Waals surface area contributed by atoms with Crippen molar-refractivity contribution in [1.29, 1.82) is 0 Å². The minimum Gasteiger partial charge on any atom is -0.394 e. The first-order chi connectivity index (χ1) is 35.3. The Balaban J connectivity index is 2.00. The van der Waals surface area contributed by atoms with Crippen LogP contribution in [0.25, 0.3) is 0 Å². The van der Waals surface area contributed by atoms with E-state index < -0.39 is 49.5 Å². The summed E-state index contributed by atoms with van der Waals surface area (Å²) >= 11 is 0. The quantitative estimate of drug-likeness (QED) is 0.0261. The standard InChI is InChI=1S/C63H121NO8/c1-3-5-7-9-11-13-15-16-17-18-19-20-21-22-23-24-25-26-27-28-29-30-31-32-33-34-35-36-37-38-39-40-41-43-45-47-49-51-53-59(67)64-56(55-71-63-62(70)61(69)60(68)58(54-65)72-63)57(66)52-50-48-46-44-42-14-12-10-8-6-4-2/h42,44,50,52,56-58,60-63,65-66,68-70H,3-41,43,45-49,51,53-55H2,1-2H3,(H,64,67)/b44-42+,52-50+. The third-order valence-corrected chi connectivity index (χ3v) is 15.3. The fraction of sp³-hybridized carbons (Fsp3) is 0.921. The number of unbranched alkanes of at least 4 members (excludes halogenated alkanes) is 43. The number of rotatable bonds is 55. The number of carbonyl (C=O) groups is 1. The Labute approximate surface area is 445 Å². The third-order valence-electron chi connectivity index (χ3n) is 15.3. The van der Waals surface area contributed by atoms with Crippen molar-refractivity contribution in [1.82, 2.24) is 5.32 Å². The van der Waals surface area contributed by atoms with E-state index in [1.54, 1.807) is 6.08 Å². The molecular formula is C63H121NO8. The average Bonchev–Trinajstić information content (AvgIpc) is 3.38. The van der Waals surface area contributed by atoms with E-state index in [0.717, 1.165) is 38.5 Å². The lowest BCUT2D eigenvalue weighted by atomic mass is 9.99. The molecule has 1 saturated heterocycles. The van der Waals surface area contributed by atoms with Crippen molar-refractivity contribution in [3.8, 4) is 0 Å². The van der Waals surface area contributed by atoms with E-state index in [1.807, 2.05) is 6.08 Å². The Hall–Kier alpha value is -1.33. The number of allylic oxidation sites excluding steroid dienone is 3. The number of carbonyl (C=O) groups excluding carboxylic acids is 1. The van der Waals surface area contributed by atoms with Gasteiger partial charge in [-0.25, -0.2) is 0 Å². The Morgan fingerprint density at radius 1 is 0.458 bits per heavy atom. The van der Waals surface area contributed by atoms with Crippen LogP contribution in [0.2, 0.25) is 0 Å². The van der Waals surface area contributed by atoms with Gasteiger partial charge in [0.2, 0.25) is 5.91 Å². The fourth-order valence-corrected chi connectivity index (χ4v) is 10.3. The molecule has 0 radical (unpaired) electrons. The lowest BCUT2D eigenvalue weighted by molar-refractivity contribution is -0.302. The van der Waals surface area contributed by atoms with Crippen LogP contribution in [0, 0.1) is 0 Å². The maximum absolute atomic E-state index is 13.0. The molecule has 1 amide bonds. The molecule has 0 aromatic carbocycles. The molecule has 1 rings (SSSR count). The summed E-state index contributed by atoms with van der Waals surface area (Å²) in [6, 6.07) is -0.817. The first-order valence-corrected chi connectivity index (χ1v) is 31.6. The number of aliphatic hydroxyl groups is 5. The van der Waals surface area contributed by atoms with E-state index in [1.165, 1.54) is 257 Å². The Kier molecular flexibility index (Phi) is 50.6. The van der Waals surface area contributed by atoms with Crippen LogP contribution in [0.5, 0.6) is 0 Å². The first-order valence-electron chi connectivity index (χ1n) is 31.6. The van der Waals surface area contributed by atoms with Gasteiger partial charge in [-0.1, -0.05) is 301 Å². The molecular weight excluding hydrogens is 899 g/mol. The zero-order valence-corrected chi connectivity index (χ0v) is 47.5. The summed E-state index contributed by atoms with van der Waals surface area (Å²) in [5, 5.41) is 54.3. The summed E-state index contributed by atoms with van der Waals surface area (Å²) in [5.41, 5.74) is 0. The molecule has 9 heteroatoms. The Morgan fingerprint density at radius 3 is 1.17 bits per heavy atom. The largest absolute Gasteiger partial charge is 0.394 e. The van der Waals surface area contributed by atoms with Crippen molar-refractivity contribution in [2.75, 3.05) is 13.2 Å². The van der Waals surface area contributed by atoms with Gasteiger partial charge in [0.05, 0.1) is 25.4 Å². The molecule has 426 valence electrons. The summed E-state index contributed by atoms with van der Waals surface area (Å²) in [4.78, 5) is 13.0. The highest BCUT2D eigenvalue weighted by Crippen LogP contribution is 2.23. The van der Waals surface area contributed by atoms with Crippen molar-refractivity contribution in [3.05, 3.63) is 24.3 Å². The van der Waals surface area contributed by atoms with Crippen molar-refractivity contribution in [3.63, 3.8) is 0 Å². The van der Waals surface area contributed by atoms with Crippen LogP contribution in [0.3, 0.4) is 0 Å². The molecule has 1 aliphatic heterocycles. The van der Waals surface area contributed by atoms with Gasteiger partial charge in [0.25, 0.3) is 0 Å². The van der Waals surface area contributed by atoms with Crippen LogP contribution >= 0.6 is 0 Å². The summed E-state index contributed by atoms with van der Waals surface area (Å²) in [7, 11) is 0. The van der Waals surface area contributed by atoms with Crippen LogP contribution in [-0.2, 0) is 14.3 Å². The molecule has 1 heterocycles. The molecule has 9 nitrogen and oxygen atoms in total. The van der Waals surface area contributed by atoms with E-state index in [2.05, 4.69) is 31.3 Å².